The Kier molecular flexibility index (Phi) is 36.3. The SMILES string of the molecule is Cn1c(-c2ccc(-c3ccccc3)cc2)cnc1-c1[c-]c(Oc2ccccn2)ccc1.[Cl][Pt+].[Cl][Pt+].[Cl][Pt+].[Cl][Pt+].[c-]1c(Oc2ccccn2)cccc1-c1ncc(-c2ccc(-c3ccccc3)cc2)o1.[c-]1c(Oc2ccccn2)cccc1-n1cc(-c2ccc(-c3ccccc3)cc2)nn1.[c-]1c(Oc2ccccn2)cccc1-n1ncc(-c2ccc(-c3ccccc3)cc2)n1. The number of nitrogens with zero attached hydrogens (tertiary/aromatic N) is 13. The third kappa shape index (κ3) is 26.6. The van der Waals surface area contributed by atoms with Gasteiger partial charge in [0.25, 0.3) is 0 Å². The molecule has 12 aromatic carbocycles. The van der Waals surface area contributed by atoms with Gasteiger partial charge < -0.3 is 27.9 Å². The Hall–Kier alpha value is -12.9. The fourth-order valence-corrected chi connectivity index (χ4v) is 12.9. The third-order valence-electron chi connectivity index (χ3n) is 19.0. The molecule has 8 heterocycles. The number of hydrogen-bond donors (Lipinski definition) is 0. The Bertz CT molecular complexity index is 6240. The van der Waals surface area contributed by atoms with Crippen molar-refractivity contribution in [2.24, 2.45) is 7.05 Å². The van der Waals surface area contributed by atoms with Crippen LogP contribution in [0.25, 0.3) is 124 Å². The van der Waals surface area contributed by atoms with E-state index in [1.807, 2.05) is 220 Å². The summed E-state index contributed by atoms with van der Waals surface area (Å²) in [5.74, 6) is 6.37. The van der Waals surface area contributed by atoms with Crippen LogP contribution in [0.1, 0.15) is 0 Å². The molecule has 0 unspecified atom stereocenters. The van der Waals surface area contributed by atoms with Gasteiger partial charge in [0.2, 0.25) is 23.5 Å². The van der Waals surface area contributed by atoms with E-state index in [2.05, 4.69) is 263 Å². The zero-order valence-electron chi connectivity index (χ0n) is 67.9. The van der Waals surface area contributed by atoms with Crippen LogP contribution in [-0.2, 0) is 82.1 Å². The molecule has 646 valence electrons. The van der Waals surface area contributed by atoms with Gasteiger partial charge in [-0.05, 0) is 85.7 Å². The predicted molar refractivity (Wildman–Crippen MR) is 493 cm³/mol. The standard InChI is InChI=1S/C27H20N3O.C26H17N2O2.2C25H17N4O.4ClH.4Pt/c1-30-25(22-15-13-21(14-16-22)20-8-3-2-4-9-20)19-29-27(30)23-10-7-11-24(18-23)31-26-12-5-6-17-28-26;1-2-7-19(8-3-1)20-12-14-21(15-13-20)24-18-28-26(30-24)22-9-6-10-23(17-22)29-25-11-4-5-16-27-25;1-2-7-19(8-3-1)20-12-14-21(15-13-20)24-18-29(28-27-24)22-9-6-10-23(17-22)30-25-11-4-5-16-26-25;1-2-7-19(8-3-1)20-12-14-21(15-13-20)24-18-27-29(28-24)22-9-6-10-23(17-22)30-25-11-4-5-16-26-25;;;;;;;;/h2-17,19H,1H3;3*1-16,18H;4*1H;;;;/q4*-1;;;;;4*+2/p-4. The van der Waals surface area contributed by atoms with Crippen molar-refractivity contribution >= 4 is 37.7 Å². The molecule has 0 spiro atoms. The van der Waals surface area contributed by atoms with E-state index in [1.165, 1.54) is 38.9 Å². The third-order valence-corrected chi connectivity index (χ3v) is 19.0. The van der Waals surface area contributed by atoms with Gasteiger partial charge in [-0.3, -0.25) is 9.97 Å². The van der Waals surface area contributed by atoms with E-state index >= 15 is 0 Å². The molecular formula is C103H71Cl4N13O5Pt4. The van der Waals surface area contributed by atoms with Gasteiger partial charge in [-0.15, -0.1) is 83.5 Å². The van der Waals surface area contributed by atoms with Gasteiger partial charge in [0.1, 0.15) is 23.0 Å². The second-order valence-corrected chi connectivity index (χ2v) is 27.1. The molecule has 20 aromatic rings. The molecule has 0 N–H and O–H groups in total. The number of pyridine rings is 4. The van der Waals surface area contributed by atoms with Crippen LogP contribution in [0.3, 0.4) is 0 Å². The maximum atomic E-state index is 5.99. The molecule has 129 heavy (non-hydrogen) atoms. The second kappa shape index (κ2) is 50.0. The van der Waals surface area contributed by atoms with E-state index in [1.54, 1.807) is 140 Å². The summed E-state index contributed by atoms with van der Waals surface area (Å²) in [7, 11) is 20.5. The predicted octanol–water partition coefficient (Wildman–Crippen LogP) is 27.0. The molecule has 8 aromatic heterocycles. The quantitative estimate of drug-likeness (QED) is 0.0654. The minimum absolute atomic E-state index is 0.489. The molecule has 0 saturated carbocycles. The average Bonchev–Trinajstić information content (AvgIpc) is 1.67. The van der Waals surface area contributed by atoms with Crippen molar-refractivity contribution in [1.29, 1.82) is 0 Å². The van der Waals surface area contributed by atoms with E-state index in [9.17, 15) is 0 Å². The summed E-state index contributed by atoms with van der Waals surface area (Å²) < 4.78 is 32.8. The van der Waals surface area contributed by atoms with Gasteiger partial charge in [-0.1, -0.05) is 266 Å². The van der Waals surface area contributed by atoms with E-state index in [0.29, 0.717) is 63.9 Å². The number of hydrogen-bond acceptors (Lipinski definition) is 15. The summed E-state index contributed by atoms with van der Waals surface area (Å²) in [4.78, 5) is 27.3. The number of rotatable bonds is 20. The topological polar surface area (TPSA) is 194 Å². The van der Waals surface area contributed by atoms with Crippen molar-refractivity contribution in [2.75, 3.05) is 0 Å². The van der Waals surface area contributed by atoms with E-state index in [0.717, 1.165) is 67.5 Å². The van der Waals surface area contributed by atoms with Gasteiger partial charge in [0.05, 0.1) is 30.1 Å². The van der Waals surface area contributed by atoms with E-state index in [4.69, 9.17) is 23.4 Å². The van der Waals surface area contributed by atoms with Gasteiger partial charge in [-0.25, -0.2) is 24.6 Å². The minimum atomic E-state index is 0.489. The van der Waals surface area contributed by atoms with Crippen molar-refractivity contribution in [1.82, 2.24) is 64.5 Å². The van der Waals surface area contributed by atoms with Crippen LogP contribution in [0.2, 0.25) is 0 Å². The zero-order chi connectivity index (χ0) is 89.6. The second-order valence-electron chi connectivity index (χ2n) is 27.1. The number of oxazole rings is 1. The summed E-state index contributed by atoms with van der Waals surface area (Å²) in [5.41, 5.74) is 19.2. The Morgan fingerprint density at radius 3 is 1.07 bits per heavy atom. The Balaban J connectivity index is 0.000000143. The van der Waals surface area contributed by atoms with Crippen molar-refractivity contribution in [3.05, 3.63) is 438 Å². The van der Waals surface area contributed by atoms with Crippen molar-refractivity contribution in [2.45, 2.75) is 0 Å². The Morgan fingerprint density at radius 2 is 0.643 bits per heavy atom. The van der Waals surface area contributed by atoms with Crippen LogP contribution in [0.5, 0.6) is 46.5 Å². The Morgan fingerprint density at radius 1 is 0.295 bits per heavy atom. The van der Waals surface area contributed by atoms with Crippen LogP contribution in [0.4, 0.5) is 0 Å². The van der Waals surface area contributed by atoms with E-state index < -0.39 is 0 Å². The molecule has 0 aliphatic rings. The molecule has 0 atom stereocenters. The number of ether oxygens (including phenoxy) is 4. The summed E-state index contributed by atoms with van der Waals surface area (Å²) in [6, 6.07) is 132. The van der Waals surface area contributed by atoms with Crippen LogP contribution in [0, 0.1) is 24.3 Å². The van der Waals surface area contributed by atoms with Crippen molar-refractivity contribution in [3.8, 4) is 170 Å². The van der Waals surface area contributed by atoms with Crippen LogP contribution < -0.4 is 18.9 Å². The van der Waals surface area contributed by atoms with Crippen molar-refractivity contribution in [3.63, 3.8) is 0 Å². The largest absolute Gasteiger partial charge is 0.481 e. The van der Waals surface area contributed by atoms with E-state index in [-0.39, 0.29) is 0 Å². The number of benzene rings is 12. The van der Waals surface area contributed by atoms with Gasteiger partial charge in [0.15, 0.2) is 0 Å². The van der Waals surface area contributed by atoms with Crippen molar-refractivity contribution < 1.29 is 98.5 Å². The molecule has 0 bridgehead atoms. The smallest absolute Gasteiger partial charge is 0.217 e. The monoisotopic (exact) mass is 2490 g/mol. The van der Waals surface area contributed by atoms with Gasteiger partial charge in [-0.2, -0.15) is 27.1 Å². The molecule has 0 saturated heterocycles. The number of imidazole rings is 1. The first-order chi connectivity index (χ1) is 63.8. The first-order valence-electron chi connectivity index (χ1n) is 39.2. The maximum absolute atomic E-state index is 5.99. The fraction of sp³-hybridized carbons (Fsp3) is 0.00971. The first-order valence-corrected chi connectivity index (χ1v) is 50.5. The molecule has 0 fully saturated rings. The number of aromatic nitrogens is 13. The Labute approximate surface area is 808 Å². The number of halogens is 4. The zero-order valence-corrected chi connectivity index (χ0v) is 80.0. The summed E-state index contributed by atoms with van der Waals surface area (Å²) >= 11 is 6.44. The molecule has 0 radical (unpaired) electrons. The van der Waals surface area contributed by atoms with Crippen LogP contribution in [0.15, 0.2) is 418 Å². The van der Waals surface area contributed by atoms with Crippen LogP contribution in [-0.4, -0.2) is 64.5 Å². The fourth-order valence-electron chi connectivity index (χ4n) is 12.9. The molecule has 18 nitrogen and oxygen atoms in total. The first kappa shape index (κ1) is 93.7. The van der Waals surface area contributed by atoms with Crippen LogP contribution >= 0.6 is 37.7 Å². The average molecular weight is 2490 g/mol. The molecule has 26 heteroatoms. The normalized spacial score (nSPS) is 10.2. The molecule has 0 amide bonds. The molecular weight excluding hydrogens is 2420 g/mol. The molecule has 0 aliphatic carbocycles. The summed E-state index contributed by atoms with van der Waals surface area (Å²) in [6.07, 6.45) is 14.0. The summed E-state index contributed by atoms with van der Waals surface area (Å²) in [5, 5.41) is 17.6. The summed E-state index contributed by atoms with van der Waals surface area (Å²) in [6.45, 7) is 0. The maximum Gasteiger partial charge on any atom is 0.217 e. The molecule has 0 aliphatic heterocycles. The molecule has 20 rings (SSSR count). The minimum Gasteiger partial charge on any atom is -0.481 e. The van der Waals surface area contributed by atoms with Gasteiger partial charge >= 0.3 is 113 Å². The van der Waals surface area contributed by atoms with Gasteiger partial charge in [0, 0.05) is 102 Å².